The maximum absolute atomic E-state index is 5.56. The number of H-pyrrole nitrogens is 1. The molecule has 3 N–H and O–H groups in total. The molecule has 5 heteroatoms. The summed E-state index contributed by atoms with van der Waals surface area (Å²) in [4.78, 5) is 0. The van der Waals surface area contributed by atoms with E-state index in [-0.39, 0.29) is 0 Å². The van der Waals surface area contributed by atoms with Crippen molar-refractivity contribution < 1.29 is 9.15 Å². The molecule has 0 aliphatic rings. The maximum atomic E-state index is 5.56. The molecule has 0 fully saturated rings. The molecule has 0 aromatic carbocycles. The van der Waals surface area contributed by atoms with E-state index in [1.807, 2.05) is 26.0 Å². The van der Waals surface area contributed by atoms with Crippen LogP contribution in [0, 0.1) is 13.8 Å². The van der Waals surface area contributed by atoms with Gasteiger partial charge in [0.2, 0.25) is 5.88 Å². The molecule has 2 rings (SSSR count). The van der Waals surface area contributed by atoms with Crippen LogP contribution < -0.4 is 10.5 Å². The van der Waals surface area contributed by atoms with E-state index in [9.17, 15) is 0 Å². The van der Waals surface area contributed by atoms with Crippen LogP contribution >= 0.6 is 0 Å². The van der Waals surface area contributed by atoms with Gasteiger partial charge in [0.25, 0.3) is 0 Å². The Hall–Kier alpha value is -1.75. The Balaban J connectivity index is 1.99. The Morgan fingerprint density at radius 3 is 2.81 bits per heavy atom. The van der Waals surface area contributed by atoms with Crippen LogP contribution in [0.4, 0.5) is 0 Å². The molecule has 16 heavy (non-hydrogen) atoms. The molecule has 5 nitrogen and oxygen atoms in total. The summed E-state index contributed by atoms with van der Waals surface area (Å²) in [6, 6.07) is 3.74. The Morgan fingerprint density at radius 1 is 1.44 bits per heavy atom. The normalized spacial score (nSPS) is 10.7. The molecule has 0 spiro atoms. The van der Waals surface area contributed by atoms with E-state index in [1.165, 1.54) is 0 Å². The Kier molecular flexibility index (Phi) is 2.96. The summed E-state index contributed by atoms with van der Waals surface area (Å²) in [5.74, 6) is 2.18. The zero-order valence-electron chi connectivity index (χ0n) is 9.41. The van der Waals surface area contributed by atoms with Crippen molar-refractivity contribution in [3.05, 3.63) is 34.9 Å². The van der Waals surface area contributed by atoms with Gasteiger partial charge in [-0.1, -0.05) is 0 Å². The van der Waals surface area contributed by atoms with E-state index in [2.05, 4.69) is 10.2 Å². The van der Waals surface area contributed by atoms with Crippen molar-refractivity contribution in [3.63, 3.8) is 0 Å². The number of nitrogens with zero attached hydrogens (tertiary/aromatic N) is 1. The van der Waals surface area contributed by atoms with Gasteiger partial charge in [0.05, 0.1) is 0 Å². The van der Waals surface area contributed by atoms with Gasteiger partial charge in [-0.05, 0) is 19.9 Å². The van der Waals surface area contributed by atoms with Gasteiger partial charge < -0.3 is 14.9 Å². The first kappa shape index (κ1) is 10.8. The summed E-state index contributed by atoms with van der Waals surface area (Å²) in [5, 5.41) is 6.77. The smallest absolute Gasteiger partial charge is 0.233 e. The Labute approximate surface area is 93.6 Å². The van der Waals surface area contributed by atoms with E-state index in [4.69, 9.17) is 14.9 Å². The van der Waals surface area contributed by atoms with E-state index in [0.717, 1.165) is 22.8 Å². The van der Waals surface area contributed by atoms with Crippen molar-refractivity contribution in [3.8, 4) is 5.88 Å². The van der Waals surface area contributed by atoms with Crippen LogP contribution in [0.15, 0.2) is 16.5 Å². The highest BCUT2D eigenvalue weighted by molar-refractivity contribution is 5.20. The molecule has 0 saturated heterocycles. The predicted octanol–water partition coefficient (Wildman–Crippen LogP) is 1.66. The topological polar surface area (TPSA) is 77.1 Å². The number of furan rings is 1. The molecule has 0 aliphatic carbocycles. The molecule has 2 aromatic heterocycles. The first-order chi connectivity index (χ1) is 7.69. The second-order valence-electron chi connectivity index (χ2n) is 3.68. The van der Waals surface area contributed by atoms with Crippen molar-refractivity contribution in [2.75, 3.05) is 0 Å². The van der Waals surface area contributed by atoms with Crippen molar-refractivity contribution in [2.45, 2.75) is 27.0 Å². The molecule has 0 saturated carbocycles. The standard InChI is InChI=1S/C11H15N3O2/c1-7-3-11(14-13-7)15-6-10-4-9(5-12)8(2)16-10/h3-4H,5-6,12H2,1-2H3,(H,13,14). The van der Waals surface area contributed by atoms with Crippen LogP contribution in [0.2, 0.25) is 0 Å². The van der Waals surface area contributed by atoms with E-state index < -0.39 is 0 Å². The summed E-state index contributed by atoms with van der Waals surface area (Å²) in [6.07, 6.45) is 0. The molecule has 2 aromatic rings. The van der Waals surface area contributed by atoms with Crippen molar-refractivity contribution in [1.82, 2.24) is 10.2 Å². The zero-order valence-corrected chi connectivity index (χ0v) is 9.41. The number of hydrogen-bond acceptors (Lipinski definition) is 4. The van der Waals surface area contributed by atoms with Crippen LogP contribution in [-0.2, 0) is 13.2 Å². The first-order valence-corrected chi connectivity index (χ1v) is 5.12. The first-order valence-electron chi connectivity index (χ1n) is 5.12. The number of nitrogens with one attached hydrogen (secondary N) is 1. The third kappa shape index (κ3) is 2.25. The number of nitrogens with two attached hydrogens (primary N) is 1. The number of hydrogen-bond donors (Lipinski definition) is 2. The van der Waals surface area contributed by atoms with Gasteiger partial charge in [-0.2, -0.15) is 0 Å². The summed E-state index contributed by atoms with van der Waals surface area (Å²) in [5.41, 5.74) is 7.53. The monoisotopic (exact) mass is 221 g/mol. The molecule has 0 bridgehead atoms. The summed E-state index contributed by atoms with van der Waals surface area (Å²) in [7, 11) is 0. The maximum Gasteiger partial charge on any atom is 0.233 e. The third-order valence-corrected chi connectivity index (χ3v) is 2.34. The molecular weight excluding hydrogens is 206 g/mol. The average molecular weight is 221 g/mol. The molecule has 0 unspecified atom stereocenters. The van der Waals surface area contributed by atoms with E-state index in [0.29, 0.717) is 19.0 Å². The SMILES string of the molecule is Cc1cc(OCc2cc(CN)c(C)o2)n[nH]1. The minimum absolute atomic E-state index is 0.366. The van der Waals surface area contributed by atoms with Crippen molar-refractivity contribution in [2.24, 2.45) is 5.73 Å². The zero-order chi connectivity index (χ0) is 11.5. The second-order valence-corrected chi connectivity index (χ2v) is 3.68. The summed E-state index contributed by atoms with van der Waals surface area (Å²) >= 11 is 0. The van der Waals surface area contributed by atoms with Crippen LogP contribution in [0.1, 0.15) is 22.8 Å². The molecular formula is C11H15N3O2. The minimum Gasteiger partial charge on any atom is -0.468 e. The van der Waals surface area contributed by atoms with Gasteiger partial charge in [-0.15, -0.1) is 5.10 Å². The largest absolute Gasteiger partial charge is 0.468 e. The lowest BCUT2D eigenvalue weighted by Crippen LogP contribution is -1.96. The van der Waals surface area contributed by atoms with Gasteiger partial charge in [0.15, 0.2) is 0 Å². The fourth-order valence-corrected chi connectivity index (χ4v) is 1.47. The summed E-state index contributed by atoms with van der Waals surface area (Å²) in [6.45, 7) is 4.66. The highest BCUT2D eigenvalue weighted by Crippen LogP contribution is 2.16. The lowest BCUT2D eigenvalue weighted by atomic mass is 10.2. The molecule has 86 valence electrons. The predicted molar refractivity (Wildman–Crippen MR) is 59.0 cm³/mol. The Bertz CT molecular complexity index is 473. The number of ether oxygens (including phenoxy) is 1. The highest BCUT2D eigenvalue weighted by atomic mass is 16.5. The highest BCUT2D eigenvalue weighted by Gasteiger charge is 2.07. The van der Waals surface area contributed by atoms with Gasteiger partial charge >= 0.3 is 0 Å². The fourth-order valence-electron chi connectivity index (χ4n) is 1.47. The lowest BCUT2D eigenvalue weighted by molar-refractivity contribution is 0.258. The second kappa shape index (κ2) is 4.40. The van der Waals surface area contributed by atoms with Crippen molar-refractivity contribution in [1.29, 1.82) is 0 Å². The number of rotatable bonds is 4. The lowest BCUT2D eigenvalue weighted by Gasteiger charge is -1.97. The Morgan fingerprint density at radius 2 is 2.25 bits per heavy atom. The minimum atomic E-state index is 0.366. The van der Waals surface area contributed by atoms with Crippen molar-refractivity contribution >= 4 is 0 Å². The molecule has 0 aliphatic heterocycles. The van der Waals surface area contributed by atoms with Crippen LogP contribution in [0.25, 0.3) is 0 Å². The van der Waals surface area contributed by atoms with Crippen LogP contribution in [0.5, 0.6) is 5.88 Å². The average Bonchev–Trinajstić information content (AvgIpc) is 2.82. The molecule has 0 amide bonds. The fraction of sp³-hybridized carbons (Fsp3) is 0.364. The van der Waals surface area contributed by atoms with Crippen LogP contribution in [-0.4, -0.2) is 10.2 Å². The van der Waals surface area contributed by atoms with E-state index in [1.54, 1.807) is 0 Å². The third-order valence-electron chi connectivity index (χ3n) is 2.34. The van der Waals surface area contributed by atoms with Gasteiger partial charge in [-0.25, -0.2) is 0 Å². The molecule has 0 atom stereocenters. The van der Waals surface area contributed by atoms with Gasteiger partial charge in [0.1, 0.15) is 18.1 Å². The van der Waals surface area contributed by atoms with Gasteiger partial charge in [0, 0.05) is 23.9 Å². The molecule has 2 heterocycles. The summed E-state index contributed by atoms with van der Waals surface area (Å²) < 4.78 is 10.9. The van der Waals surface area contributed by atoms with Gasteiger partial charge in [-0.3, -0.25) is 5.10 Å². The quantitative estimate of drug-likeness (QED) is 0.823. The molecule has 0 radical (unpaired) electrons. The number of aryl methyl sites for hydroxylation is 2. The number of aromatic amines is 1. The van der Waals surface area contributed by atoms with Crippen LogP contribution in [0.3, 0.4) is 0 Å². The van der Waals surface area contributed by atoms with E-state index >= 15 is 0 Å². The number of aromatic nitrogens is 2.